The molecule has 0 bridgehead atoms. The van der Waals surface area contributed by atoms with Crippen molar-refractivity contribution in [2.45, 2.75) is 19.4 Å². The van der Waals surface area contributed by atoms with Crippen molar-refractivity contribution in [1.82, 2.24) is 20.2 Å². The summed E-state index contributed by atoms with van der Waals surface area (Å²) < 4.78 is 55.0. The van der Waals surface area contributed by atoms with Gasteiger partial charge < -0.3 is 18.9 Å². The molecule has 0 amide bonds. The second-order valence-corrected chi connectivity index (χ2v) is 7.32. The molecular formula is C23H17F3N4O3. The summed E-state index contributed by atoms with van der Waals surface area (Å²) in [7, 11) is 1.49. The van der Waals surface area contributed by atoms with Crippen LogP contribution in [0.5, 0.6) is 5.75 Å². The number of ether oxygens (including phenoxy) is 2. The number of pyridine rings is 1. The Kier molecular flexibility index (Phi) is 5.21. The van der Waals surface area contributed by atoms with Gasteiger partial charge in [-0.3, -0.25) is 0 Å². The number of aromatic nitrogens is 4. The number of hydrogen-bond donors (Lipinski definition) is 1. The van der Waals surface area contributed by atoms with Crippen molar-refractivity contribution < 1.29 is 27.1 Å². The van der Waals surface area contributed by atoms with Gasteiger partial charge in [0, 0.05) is 29.0 Å². The third-order valence-corrected chi connectivity index (χ3v) is 5.12. The SMILES string of the molecule is COCc1c(-c2nnc(C(F)(F)F)o2)ncc2[nH]c3ccc(OCc4ccccc4)cc3c12. The number of alkyl halides is 3. The molecule has 10 heteroatoms. The number of nitrogens with zero attached hydrogens (tertiary/aromatic N) is 3. The summed E-state index contributed by atoms with van der Waals surface area (Å²) in [5, 5.41) is 8.21. The summed E-state index contributed by atoms with van der Waals surface area (Å²) in [6, 6.07) is 15.3. The molecule has 0 aliphatic heterocycles. The van der Waals surface area contributed by atoms with Crippen LogP contribution >= 0.6 is 0 Å². The Morgan fingerprint density at radius 2 is 1.82 bits per heavy atom. The third-order valence-electron chi connectivity index (χ3n) is 5.12. The fourth-order valence-corrected chi connectivity index (χ4v) is 3.67. The van der Waals surface area contributed by atoms with E-state index in [0.717, 1.165) is 21.9 Å². The molecule has 3 aromatic heterocycles. The topological polar surface area (TPSA) is 86.1 Å². The second-order valence-electron chi connectivity index (χ2n) is 7.32. The van der Waals surface area contributed by atoms with E-state index in [0.29, 0.717) is 23.4 Å². The molecule has 0 spiro atoms. The van der Waals surface area contributed by atoms with Gasteiger partial charge in [-0.25, -0.2) is 4.98 Å². The highest BCUT2D eigenvalue weighted by Crippen LogP contribution is 2.36. The van der Waals surface area contributed by atoms with Crippen LogP contribution in [0, 0.1) is 0 Å². The first kappa shape index (κ1) is 21.0. The number of aromatic amines is 1. The summed E-state index contributed by atoms with van der Waals surface area (Å²) in [5.74, 6) is -1.12. The van der Waals surface area contributed by atoms with Gasteiger partial charge in [0.05, 0.1) is 18.3 Å². The zero-order chi connectivity index (χ0) is 23.0. The molecule has 2 aromatic carbocycles. The smallest absolute Gasteiger partial charge is 0.470 e. The largest absolute Gasteiger partial charge is 0.489 e. The van der Waals surface area contributed by atoms with E-state index in [1.54, 1.807) is 0 Å². The number of rotatable bonds is 6. The average molecular weight is 454 g/mol. The molecule has 0 aliphatic carbocycles. The minimum Gasteiger partial charge on any atom is -0.489 e. The molecular weight excluding hydrogens is 437 g/mol. The lowest BCUT2D eigenvalue weighted by atomic mass is 10.1. The molecule has 5 aromatic rings. The first-order chi connectivity index (χ1) is 15.9. The molecule has 0 unspecified atom stereocenters. The molecule has 33 heavy (non-hydrogen) atoms. The Morgan fingerprint density at radius 1 is 1.00 bits per heavy atom. The number of fused-ring (bicyclic) bond motifs is 3. The van der Waals surface area contributed by atoms with Crippen molar-refractivity contribution in [3.63, 3.8) is 0 Å². The van der Waals surface area contributed by atoms with Crippen LogP contribution in [0.2, 0.25) is 0 Å². The van der Waals surface area contributed by atoms with Gasteiger partial charge in [-0.15, -0.1) is 10.2 Å². The normalized spacial score (nSPS) is 12.0. The van der Waals surface area contributed by atoms with Crippen molar-refractivity contribution in [1.29, 1.82) is 0 Å². The first-order valence-corrected chi connectivity index (χ1v) is 9.94. The number of H-pyrrole nitrogens is 1. The highest BCUT2D eigenvalue weighted by atomic mass is 19.4. The van der Waals surface area contributed by atoms with Gasteiger partial charge in [0.25, 0.3) is 5.89 Å². The van der Waals surface area contributed by atoms with Gasteiger partial charge in [0.15, 0.2) is 0 Å². The van der Waals surface area contributed by atoms with Gasteiger partial charge in [0.1, 0.15) is 18.1 Å². The summed E-state index contributed by atoms with van der Waals surface area (Å²) in [5.41, 5.74) is 3.19. The number of nitrogens with one attached hydrogen (secondary N) is 1. The Bertz CT molecular complexity index is 1430. The molecule has 5 rings (SSSR count). The van der Waals surface area contributed by atoms with Crippen molar-refractivity contribution in [3.05, 3.63) is 71.7 Å². The van der Waals surface area contributed by atoms with Crippen LogP contribution in [0.25, 0.3) is 33.4 Å². The van der Waals surface area contributed by atoms with E-state index < -0.39 is 12.1 Å². The number of benzene rings is 2. The maximum absolute atomic E-state index is 13.0. The molecule has 0 saturated carbocycles. The molecule has 0 aliphatic rings. The average Bonchev–Trinajstić information content (AvgIpc) is 3.44. The van der Waals surface area contributed by atoms with Crippen LogP contribution in [0.4, 0.5) is 13.2 Å². The van der Waals surface area contributed by atoms with E-state index in [1.165, 1.54) is 13.3 Å². The number of hydrogen-bond acceptors (Lipinski definition) is 6. The quantitative estimate of drug-likeness (QED) is 0.364. The van der Waals surface area contributed by atoms with Gasteiger partial charge in [0.2, 0.25) is 0 Å². The zero-order valence-corrected chi connectivity index (χ0v) is 17.3. The van der Waals surface area contributed by atoms with Crippen LogP contribution in [0.3, 0.4) is 0 Å². The van der Waals surface area contributed by atoms with Crippen molar-refractivity contribution in [2.24, 2.45) is 0 Å². The van der Waals surface area contributed by atoms with Crippen molar-refractivity contribution in [3.8, 4) is 17.3 Å². The number of halogens is 3. The van der Waals surface area contributed by atoms with E-state index in [2.05, 4.69) is 20.2 Å². The first-order valence-electron chi connectivity index (χ1n) is 9.94. The van der Waals surface area contributed by atoms with Gasteiger partial charge in [-0.2, -0.15) is 13.2 Å². The van der Waals surface area contributed by atoms with E-state index in [9.17, 15) is 13.2 Å². The summed E-state index contributed by atoms with van der Waals surface area (Å²) in [4.78, 5) is 7.54. The standard InChI is InChI=1S/C23H17F3N4O3/c1-31-12-16-19-15-9-14(32-11-13-5-3-2-4-6-13)7-8-17(15)28-18(19)10-27-20(16)21-29-30-22(33-21)23(24,25)26/h2-10,28H,11-12H2,1H3. The molecule has 0 atom stereocenters. The van der Waals surface area contributed by atoms with Crippen LogP contribution < -0.4 is 4.74 Å². The zero-order valence-electron chi connectivity index (χ0n) is 17.3. The molecule has 168 valence electrons. The molecule has 7 nitrogen and oxygen atoms in total. The molecule has 1 N–H and O–H groups in total. The molecule has 0 radical (unpaired) electrons. The van der Waals surface area contributed by atoms with E-state index in [1.807, 2.05) is 48.5 Å². The third kappa shape index (κ3) is 4.00. The molecule has 0 saturated heterocycles. The van der Waals surface area contributed by atoms with Crippen LogP contribution in [-0.4, -0.2) is 27.3 Å². The highest BCUT2D eigenvalue weighted by Gasteiger charge is 2.38. The Hall–Kier alpha value is -3.92. The Morgan fingerprint density at radius 3 is 2.55 bits per heavy atom. The van der Waals surface area contributed by atoms with Gasteiger partial charge in [-0.05, 0) is 23.8 Å². The highest BCUT2D eigenvalue weighted by molar-refractivity contribution is 6.10. The summed E-state index contributed by atoms with van der Waals surface area (Å²) in [6.45, 7) is 0.472. The van der Waals surface area contributed by atoms with Gasteiger partial charge >= 0.3 is 12.1 Å². The fourth-order valence-electron chi connectivity index (χ4n) is 3.67. The minimum atomic E-state index is -4.75. The second kappa shape index (κ2) is 8.21. The summed E-state index contributed by atoms with van der Waals surface area (Å²) >= 11 is 0. The monoisotopic (exact) mass is 454 g/mol. The summed E-state index contributed by atoms with van der Waals surface area (Å²) in [6.07, 6.45) is -3.23. The predicted molar refractivity (Wildman–Crippen MR) is 113 cm³/mol. The lowest BCUT2D eigenvalue weighted by Crippen LogP contribution is -2.04. The maximum atomic E-state index is 13.0. The van der Waals surface area contributed by atoms with Crippen LogP contribution in [0.15, 0.2) is 59.1 Å². The number of methoxy groups -OCH3 is 1. The Balaban J connectivity index is 1.60. The van der Waals surface area contributed by atoms with E-state index in [-0.39, 0.29) is 18.2 Å². The lowest BCUT2D eigenvalue weighted by Gasteiger charge is -2.09. The maximum Gasteiger partial charge on any atom is 0.470 e. The van der Waals surface area contributed by atoms with Crippen LogP contribution in [0.1, 0.15) is 17.0 Å². The van der Waals surface area contributed by atoms with Gasteiger partial charge in [-0.1, -0.05) is 30.3 Å². The molecule has 3 heterocycles. The van der Waals surface area contributed by atoms with E-state index in [4.69, 9.17) is 13.9 Å². The van der Waals surface area contributed by atoms with Crippen molar-refractivity contribution >= 4 is 21.8 Å². The Labute approximate surface area is 185 Å². The fraction of sp³-hybridized carbons (Fsp3) is 0.174. The van der Waals surface area contributed by atoms with E-state index >= 15 is 0 Å². The minimum absolute atomic E-state index is 0.0749. The molecule has 0 fully saturated rings. The predicted octanol–water partition coefficient (Wildman–Crippen LogP) is 5.51. The van der Waals surface area contributed by atoms with Crippen LogP contribution in [-0.2, 0) is 24.1 Å². The lowest BCUT2D eigenvalue weighted by molar-refractivity contribution is -0.156. The van der Waals surface area contributed by atoms with Crippen molar-refractivity contribution in [2.75, 3.05) is 7.11 Å².